The van der Waals surface area contributed by atoms with Gasteiger partial charge in [0.2, 0.25) is 0 Å². The average molecular weight is 365 g/mol. The third-order valence-corrected chi connectivity index (χ3v) is 6.44. The second kappa shape index (κ2) is 8.65. The molecule has 2 aromatic rings. The van der Waals surface area contributed by atoms with Crippen molar-refractivity contribution in [2.45, 2.75) is 57.2 Å². The molecule has 2 heterocycles. The van der Waals surface area contributed by atoms with Crippen LogP contribution in [0.4, 0.5) is 4.79 Å². The monoisotopic (exact) mass is 364 g/mol. The predicted molar refractivity (Wildman–Crippen MR) is 99.6 cm³/mol. The molecule has 1 aliphatic rings. The predicted octanol–water partition coefficient (Wildman–Crippen LogP) is 4.41. The van der Waals surface area contributed by atoms with Gasteiger partial charge in [0, 0.05) is 20.7 Å². The summed E-state index contributed by atoms with van der Waals surface area (Å²) in [6.07, 6.45) is 6.59. The third-order valence-electron chi connectivity index (χ3n) is 4.38. The molecule has 1 fully saturated rings. The molecule has 2 amide bonds. The summed E-state index contributed by atoms with van der Waals surface area (Å²) >= 11 is 3.10. The highest BCUT2D eigenvalue weighted by atomic mass is 32.1. The van der Waals surface area contributed by atoms with Gasteiger partial charge in [-0.15, -0.1) is 22.7 Å². The van der Waals surface area contributed by atoms with Crippen molar-refractivity contribution < 1.29 is 9.90 Å². The number of aliphatic hydroxyl groups excluding tert-OH is 1. The molecule has 130 valence electrons. The zero-order valence-corrected chi connectivity index (χ0v) is 15.3. The number of urea groups is 1. The molecule has 0 spiro atoms. The van der Waals surface area contributed by atoms with Crippen molar-refractivity contribution >= 4 is 28.7 Å². The molecule has 0 aromatic carbocycles. The number of nitrogens with one attached hydrogen (secondary N) is 2. The number of thiophene rings is 2. The van der Waals surface area contributed by atoms with Gasteiger partial charge < -0.3 is 15.7 Å². The first-order valence-electron chi connectivity index (χ1n) is 8.57. The van der Waals surface area contributed by atoms with Crippen LogP contribution in [-0.2, 0) is 6.54 Å². The summed E-state index contributed by atoms with van der Waals surface area (Å²) in [7, 11) is 0. The number of aliphatic hydroxyl groups is 1. The van der Waals surface area contributed by atoms with Crippen LogP contribution in [-0.4, -0.2) is 17.2 Å². The van der Waals surface area contributed by atoms with Crippen LogP contribution in [0.25, 0.3) is 0 Å². The van der Waals surface area contributed by atoms with Crippen molar-refractivity contribution in [1.82, 2.24) is 10.6 Å². The van der Waals surface area contributed by atoms with E-state index in [1.807, 2.05) is 29.6 Å². The molecule has 3 N–H and O–H groups in total. The molecule has 1 atom stereocenters. The van der Waals surface area contributed by atoms with Crippen LogP contribution < -0.4 is 10.6 Å². The van der Waals surface area contributed by atoms with Crippen molar-refractivity contribution in [3.8, 4) is 0 Å². The maximum atomic E-state index is 12.1. The Kier molecular flexibility index (Phi) is 6.29. The topological polar surface area (TPSA) is 61.4 Å². The Morgan fingerprint density at radius 1 is 1.17 bits per heavy atom. The first-order valence-corrected chi connectivity index (χ1v) is 10.3. The Labute approximate surface area is 150 Å². The minimum Gasteiger partial charge on any atom is -0.382 e. The van der Waals surface area contributed by atoms with Gasteiger partial charge in [0.15, 0.2) is 0 Å². The largest absolute Gasteiger partial charge is 0.382 e. The quantitative estimate of drug-likeness (QED) is 0.688. The number of carbonyl (C=O) groups excluding carboxylic acids is 1. The van der Waals surface area contributed by atoms with Crippen LogP contribution in [0.2, 0.25) is 0 Å². The maximum absolute atomic E-state index is 12.1. The Bertz CT molecular complexity index is 631. The summed E-state index contributed by atoms with van der Waals surface area (Å²) < 4.78 is 0. The van der Waals surface area contributed by atoms with E-state index in [1.54, 1.807) is 22.7 Å². The molecule has 1 saturated carbocycles. The van der Waals surface area contributed by atoms with Gasteiger partial charge in [-0.25, -0.2) is 4.79 Å². The number of hydrogen-bond acceptors (Lipinski definition) is 4. The number of carbonyl (C=O) groups is 1. The van der Waals surface area contributed by atoms with Gasteiger partial charge in [-0.3, -0.25) is 0 Å². The summed E-state index contributed by atoms with van der Waals surface area (Å²) in [5.41, 5.74) is 0. The van der Waals surface area contributed by atoms with Gasteiger partial charge in [-0.05, 0) is 36.4 Å². The summed E-state index contributed by atoms with van der Waals surface area (Å²) in [4.78, 5) is 15.0. The van der Waals surface area contributed by atoms with Crippen molar-refractivity contribution in [3.05, 3.63) is 44.3 Å². The summed E-state index contributed by atoms with van der Waals surface area (Å²) in [5, 5.41) is 18.3. The lowest BCUT2D eigenvalue weighted by molar-refractivity contribution is 0.228. The Hall–Kier alpha value is -1.37. The lowest BCUT2D eigenvalue weighted by Gasteiger charge is -2.16. The molecule has 1 unspecified atom stereocenters. The normalized spacial score (nSPS) is 17.2. The van der Waals surface area contributed by atoms with Crippen LogP contribution >= 0.6 is 22.7 Å². The summed E-state index contributed by atoms with van der Waals surface area (Å²) in [6, 6.07) is 8.02. The molecule has 0 radical (unpaired) electrons. The highest BCUT2D eigenvalue weighted by molar-refractivity contribution is 7.12. The van der Waals surface area contributed by atoms with Crippen LogP contribution in [0.1, 0.15) is 59.3 Å². The zero-order chi connectivity index (χ0) is 16.8. The number of rotatable bonds is 5. The van der Waals surface area contributed by atoms with Crippen LogP contribution in [0, 0.1) is 0 Å². The van der Waals surface area contributed by atoms with Crippen molar-refractivity contribution in [1.29, 1.82) is 0 Å². The second-order valence-corrected chi connectivity index (χ2v) is 8.42. The fourth-order valence-corrected chi connectivity index (χ4v) is 4.81. The van der Waals surface area contributed by atoms with Crippen molar-refractivity contribution in [2.75, 3.05) is 0 Å². The first-order chi connectivity index (χ1) is 11.7. The second-order valence-electron chi connectivity index (χ2n) is 6.24. The van der Waals surface area contributed by atoms with Crippen molar-refractivity contribution in [2.24, 2.45) is 0 Å². The Morgan fingerprint density at radius 3 is 2.67 bits per heavy atom. The molecule has 0 aliphatic heterocycles. The molecule has 0 bridgehead atoms. The van der Waals surface area contributed by atoms with Crippen molar-refractivity contribution in [3.63, 3.8) is 0 Å². The smallest absolute Gasteiger partial charge is 0.315 e. The Morgan fingerprint density at radius 2 is 1.96 bits per heavy atom. The fourth-order valence-electron chi connectivity index (χ4n) is 3.05. The molecule has 2 aromatic heterocycles. The molecule has 6 heteroatoms. The average Bonchev–Trinajstić information content (AvgIpc) is 3.22. The zero-order valence-electron chi connectivity index (χ0n) is 13.7. The molecule has 4 nitrogen and oxygen atoms in total. The summed E-state index contributed by atoms with van der Waals surface area (Å²) in [6.45, 7) is 0.500. The van der Waals surface area contributed by atoms with Crippen LogP contribution in [0.3, 0.4) is 0 Å². The highest BCUT2D eigenvalue weighted by Gasteiger charge is 2.16. The van der Waals surface area contributed by atoms with E-state index in [4.69, 9.17) is 0 Å². The standard InChI is InChI=1S/C18H24N2O2S2/c21-17(15-8-5-11-23-15)16-10-9-14(24-16)12-19-18(22)20-13-6-3-1-2-4-7-13/h5,8-11,13,17,21H,1-4,6-7,12H2,(H2,19,20,22). The highest BCUT2D eigenvalue weighted by Crippen LogP contribution is 2.30. The van der Waals surface area contributed by atoms with Gasteiger partial charge in [0.05, 0.1) is 6.54 Å². The van der Waals surface area contributed by atoms with E-state index in [1.165, 1.54) is 25.7 Å². The molecular formula is C18H24N2O2S2. The lowest BCUT2D eigenvalue weighted by Crippen LogP contribution is -2.41. The van der Waals surface area contributed by atoms with Gasteiger partial charge >= 0.3 is 6.03 Å². The van der Waals surface area contributed by atoms with E-state index < -0.39 is 6.10 Å². The fraction of sp³-hybridized carbons (Fsp3) is 0.500. The Balaban J connectivity index is 1.47. The van der Waals surface area contributed by atoms with E-state index >= 15 is 0 Å². The van der Waals surface area contributed by atoms with E-state index in [0.717, 1.165) is 27.5 Å². The van der Waals surface area contributed by atoms with Gasteiger partial charge in [0.1, 0.15) is 6.10 Å². The molecule has 1 aliphatic carbocycles. The molecule has 0 saturated heterocycles. The number of hydrogen-bond donors (Lipinski definition) is 3. The van der Waals surface area contributed by atoms with E-state index in [9.17, 15) is 9.90 Å². The van der Waals surface area contributed by atoms with Gasteiger partial charge in [-0.2, -0.15) is 0 Å². The molecule has 24 heavy (non-hydrogen) atoms. The van der Waals surface area contributed by atoms with Crippen LogP contribution in [0.5, 0.6) is 0 Å². The van der Waals surface area contributed by atoms with E-state index in [2.05, 4.69) is 10.6 Å². The maximum Gasteiger partial charge on any atom is 0.315 e. The van der Waals surface area contributed by atoms with Crippen LogP contribution in [0.15, 0.2) is 29.6 Å². The van der Waals surface area contributed by atoms with Gasteiger partial charge in [0.25, 0.3) is 0 Å². The molecule has 3 rings (SSSR count). The summed E-state index contributed by atoms with van der Waals surface area (Å²) in [5.74, 6) is 0. The molecular weight excluding hydrogens is 340 g/mol. The van der Waals surface area contributed by atoms with Gasteiger partial charge in [-0.1, -0.05) is 31.7 Å². The third kappa shape index (κ3) is 4.82. The minimum atomic E-state index is -0.566. The first kappa shape index (κ1) is 17.5. The van der Waals surface area contributed by atoms with E-state index in [0.29, 0.717) is 12.6 Å². The lowest BCUT2D eigenvalue weighted by atomic mass is 10.1. The number of amides is 2. The van der Waals surface area contributed by atoms with E-state index in [-0.39, 0.29) is 6.03 Å². The SMILES string of the molecule is O=C(NCc1ccc(C(O)c2cccs2)s1)NC1CCCCCC1. The minimum absolute atomic E-state index is 0.0874.